The van der Waals surface area contributed by atoms with Gasteiger partial charge in [0.25, 0.3) is 0 Å². The molecule has 10 heteroatoms. The van der Waals surface area contributed by atoms with Crippen molar-refractivity contribution in [2.45, 2.75) is 26.6 Å². The predicted molar refractivity (Wildman–Crippen MR) is 145 cm³/mol. The van der Waals surface area contributed by atoms with Crippen molar-refractivity contribution in [3.63, 3.8) is 0 Å². The van der Waals surface area contributed by atoms with Crippen LogP contribution < -0.4 is 10.6 Å². The molecule has 0 aliphatic heterocycles. The molecule has 4 N–H and O–H groups in total. The molecule has 4 aromatic rings. The number of anilines is 1. The number of nitrogens with zero attached hydrogens (tertiary/aromatic N) is 3. The molecule has 0 bridgehead atoms. The lowest BCUT2D eigenvalue weighted by molar-refractivity contribution is 0.155. The molecule has 0 saturated heterocycles. The summed E-state index contributed by atoms with van der Waals surface area (Å²) in [6.07, 6.45) is 1.95. The number of carbonyl (C=O) groups is 1. The summed E-state index contributed by atoms with van der Waals surface area (Å²) < 4.78 is 2.10. The van der Waals surface area contributed by atoms with E-state index < -0.39 is 0 Å². The Balaban J connectivity index is 1.51. The van der Waals surface area contributed by atoms with Crippen molar-refractivity contribution >= 4 is 45.6 Å². The van der Waals surface area contributed by atoms with Crippen LogP contribution in [0.15, 0.2) is 54.0 Å². The molecule has 0 fully saturated rings. The van der Waals surface area contributed by atoms with Crippen molar-refractivity contribution in [1.82, 2.24) is 19.8 Å². The number of aliphatic hydroxyl groups is 2. The van der Waals surface area contributed by atoms with E-state index in [4.69, 9.17) is 16.6 Å². The number of rotatable bonds is 11. The summed E-state index contributed by atoms with van der Waals surface area (Å²) in [4.78, 5) is 19.4. The quantitative estimate of drug-likeness (QED) is 0.229. The van der Waals surface area contributed by atoms with Crippen LogP contribution in [0.5, 0.6) is 0 Å². The van der Waals surface area contributed by atoms with Crippen LogP contribution in [0.1, 0.15) is 18.2 Å². The molecule has 36 heavy (non-hydrogen) atoms. The number of halogens is 1. The zero-order chi connectivity index (χ0) is 25.5. The van der Waals surface area contributed by atoms with Crippen molar-refractivity contribution in [3.05, 3.63) is 70.3 Å². The number of nitrogens with one attached hydrogen (secondary N) is 2. The fraction of sp³-hybridized carbons (Fsp3) is 0.308. The fourth-order valence-electron chi connectivity index (χ4n) is 4.04. The van der Waals surface area contributed by atoms with Crippen molar-refractivity contribution in [2.75, 3.05) is 31.6 Å². The normalized spacial score (nSPS) is 11.4. The number of hydrogen-bond donors (Lipinski definition) is 4. The summed E-state index contributed by atoms with van der Waals surface area (Å²) >= 11 is 7.48. The van der Waals surface area contributed by atoms with Gasteiger partial charge in [0.05, 0.1) is 30.1 Å². The number of amides is 2. The second-order valence-electron chi connectivity index (χ2n) is 8.36. The number of urea groups is 1. The standard InChI is InChI=1S/C26H30ClN5O3S/c1-2-32-16-23(30-26(35)28-14-18-3-6-20(27)7-4-18)22-13-19(5-8-24(22)32)25-29-21(17-36-25)15-31(9-11-33)10-12-34/h3-8,13,16-17,33-34H,2,9-12,14-15H2,1H3,(H2,28,30,35). The van der Waals surface area contributed by atoms with Gasteiger partial charge >= 0.3 is 6.03 Å². The Morgan fingerprint density at radius 2 is 1.89 bits per heavy atom. The monoisotopic (exact) mass is 527 g/mol. The zero-order valence-electron chi connectivity index (χ0n) is 20.1. The third-order valence-electron chi connectivity index (χ3n) is 5.85. The number of aromatic nitrogens is 2. The predicted octanol–water partition coefficient (Wildman–Crippen LogP) is 4.55. The maximum atomic E-state index is 12.7. The smallest absolute Gasteiger partial charge is 0.319 e. The lowest BCUT2D eigenvalue weighted by Gasteiger charge is -2.18. The molecule has 190 valence electrons. The van der Waals surface area contributed by atoms with Crippen LogP contribution in [0.4, 0.5) is 10.5 Å². The third kappa shape index (κ3) is 6.43. The topological polar surface area (TPSA) is 103 Å². The van der Waals surface area contributed by atoms with E-state index in [0.29, 0.717) is 31.2 Å². The first-order valence-corrected chi connectivity index (χ1v) is 13.1. The van der Waals surface area contributed by atoms with Crippen molar-refractivity contribution in [1.29, 1.82) is 0 Å². The molecule has 0 unspecified atom stereocenters. The first kappa shape index (κ1) is 26.1. The molecule has 0 aliphatic rings. The van der Waals surface area contributed by atoms with E-state index in [9.17, 15) is 15.0 Å². The number of benzene rings is 2. The Bertz CT molecular complexity index is 1300. The Morgan fingerprint density at radius 1 is 1.14 bits per heavy atom. The molecule has 2 amide bonds. The van der Waals surface area contributed by atoms with Gasteiger partial charge in [0, 0.05) is 60.3 Å². The van der Waals surface area contributed by atoms with Gasteiger partial charge in [-0.25, -0.2) is 9.78 Å². The Labute approximate surface area is 219 Å². The molecule has 0 aliphatic carbocycles. The van der Waals surface area contributed by atoms with Gasteiger partial charge in [-0.05, 0) is 42.8 Å². The average molecular weight is 528 g/mol. The summed E-state index contributed by atoms with van der Waals surface area (Å²) in [6.45, 7) is 4.83. The molecule has 8 nitrogen and oxygen atoms in total. The van der Waals surface area contributed by atoms with Gasteiger partial charge in [-0.1, -0.05) is 23.7 Å². The molecule has 0 saturated carbocycles. The number of aryl methyl sites for hydroxylation is 1. The van der Waals surface area contributed by atoms with Crippen molar-refractivity contribution in [3.8, 4) is 10.6 Å². The molecular weight excluding hydrogens is 498 g/mol. The maximum Gasteiger partial charge on any atom is 0.319 e. The zero-order valence-corrected chi connectivity index (χ0v) is 21.6. The number of carbonyl (C=O) groups excluding carboxylic acids is 1. The molecule has 0 radical (unpaired) electrons. The highest BCUT2D eigenvalue weighted by Crippen LogP contribution is 2.32. The fourth-order valence-corrected chi connectivity index (χ4v) is 4.97. The van der Waals surface area contributed by atoms with Crippen LogP contribution in [-0.4, -0.2) is 57.0 Å². The van der Waals surface area contributed by atoms with Crippen LogP contribution in [-0.2, 0) is 19.6 Å². The lowest BCUT2D eigenvalue weighted by Crippen LogP contribution is -2.29. The minimum absolute atomic E-state index is 0.0329. The van der Waals surface area contributed by atoms with Crippen LogP contribution in [0, 0.1) is 0 Å². The van der Waals surface area contributed by atoms with Gasteiger partial charge in [-0.3, -0.25) is 4.90 Å². The number of hydrogen-bond acceptors (Lipinski definition) is 6. The van der Waals surface area contributed by atoms with Gasteiger partial charge in [-0.15, -0.1) is 11.3 Å². The Hall–Kier alpha value is -2.95. The van der Waals surface area contributed by atoms with Crippen LogP contribution in [0.2, 0.25) is 5.02 Å². The van der Waals surface area contributed by atoms with E-state index >= 15 is 0 Å². The molecule has 0 spiro atoms. The maximum absolute atomic E-state index is 12.7. The third-order valence-corrected chi connectivity index (χ3v) is 7.05. The summed E-state index contributed by atoms with van der Waals surface area (Å²) in [7, 11) is 0. The second-order valence-corrected chi connectivity index (χ2v) is 9.66. The van der Waals surface area contributed by atoms with E-state index in [0.717, 1.165) is 45.0 Å². The van der Waals surface area contributed by atoms with E-state index in [1.807, 2.05) is 34.7 Å². The number of thiazole rings is 1. The lowest BCUT2D eigenvalue weighted by atomic mass is 10.1. The SMILES string of the molecule is CCn1cc(NC(=O)NCc2ccc(Cl)cc2)c2cc(-c3nc(CN(CCO)CCO)cs3)ccc21. The van der Waals surface area contributed by atoms with Crippen LogP contribution >= 0.6 is 22.9 Å². The number of aliphatic hydroxyl groups excluding tert-OH is 2. The van der Waals surface area contributed by atoms with Gasteiger partial charge in [0.2, 0.25) is 0 Å². The summed E-state index contributed by atoms with van der Waals surface area (Å²) in [6, 6.07) is 13.2. The van der Waals surface area contributed by atoms with Crippen LogP contribution in [0.3, 0.4) is 0 Å². The van der Waals surface area contributed by atoms with Gasteiger partial charge < -0.3 is 25.4 Å². The van der Waals surface area contributed by atoms with Gasteiger partial charge in [0.15, 0.2) is 0 Å². The minimum atomic E-state index is -0.283. The van der Waals surface area contributed by atoms with Gasteiger partial charge in [-0.2, -0.15) is 0 Å². The average Bonchev–Trinajstić information content (AvgIpc) is 3.48. The second kappa shape index (κ2) is 12.3. The highest BCUT2D eigenvalue weighted by Gasteiger charge is 2.14. The number of fused-ring (bicyclic) bond motifs is 1. The first-order valence-electron chi connectivity index (χ1n) is 11.8. The summed E-state index contributed by atoms with van der Waals surface area (Å²) in [5, 5.41) is 28.9. The molecule has 0 atom stereocenters. The first-order chi connectivity index (χ1) is 17.5. The summed E-state index contributed by atoms with van der Waals surface area (Å²) in [5.41, 5.74) is 4.58. The van der Waals surface area contributed by atoms with E-state index in [-0.39, 0.29) is 19.2 Å². The summed E-state index contributed by atoms with van der Waals surface area (Å²) in [5.74, 6) is 0. The molecule has 2 aromatic heterocycles. The van der Waals surface area contributed by atoms with Crippen LogP contribution in [0.25, 0.3) is 21.5 Å². The molecule has 4 rings (SSSR count). The van der Waals surface area contributed by atoms with Gasteiger partial charge in [0.1, 0.15) is 5.01 Å². The Morgan fingerprint density at radius 3 is 2.58 bits per heavy atom. The minimum Gasteiger partial charge on any atom is -0.395 e. The Kier molecular flexibility index (Phi) is 8.95. The van der Waals surface area contributed by atoms with E-state index in [2.05, 4.69) is 34.3 Å². The molecular formula is C26H30ClN5O3S. The van der Waals surface area contributed by atoms with Crippen molar-refractivity contribution < 1.29 is 15.0 Å². The highest BCUT2D eigenvalue weighted by molar-refractivity contribution is 7.13. The van der Waals surface area contributed by atoms with Crippen molar-refractivity contribution in [2.24, 2.45) is 0 Å². The highest BCUT2D eigenvalue weighted by atomic mass is 35.5. The molecule has 2 aromatic carbocycles. The largest absolute Gasteiger partial charge is 0.395 e. The van der Waals surface area contributed by atoms with E-state index in [1.54, 1.807) is 23.5 Å². The molecule has 2 heterocycles. The van der Waals surface area contributed by atoms with E-state index in [1.165, 1.54) is 0 Å².